The zero-order chi connectivity index (χ0) is 28.5. The number of halogens is 2. The Kier molecular flexibility index (Phi) is 8.25. The number of pyridine rings is 1. The summed E-state index contributed by atoms with van der Waals surface area (Å²) in [6.07, 6.45) is 1.12. The number of nitrogens with zero attached hydrogens (tertiary/aromatic N) is 3. The summed E-state index contributed by atoms with van der Waals surface area (Å²) in [6, 6.07) is 5.63. The van der Waals surface area contributed by atoms with Crippen molar-refractivity contribution in [2.24, 2.45) is 5.92 Å². The van der Waals surface area contributed by atoms with E-state index < -0.39 is 35.4 Å². The molecule has 3 aromatic rings. The number of imidazole rings is 1. The van der Waals surface area contributed by atoms with E-state index in [-0.39, 0.29) is 42.3 Å². The Balaban J connectivity index is 1.68. The average molecular weight is 544 g/mol. The SMILES string of the molecule is Cc1ccn2c(C[C@H]3CN(C(=O)OC(C)(C)C)CCO3)c(-c3c(F)cc(C(=O)OCC(C)C)cc3F)nc2c1. The number of carbonyl (C=O) groups is 2. The van der Waals surface area contributed by atoms with Crippen molar-refractivity contribution >= 4 is 17.7 Å². The highest BCUT2D eigenvalue weighted by molar-refractivity contribution is 5.90. The quantitative estimate of drug-likeness (QED) is 0.378. The lowest BCUT2D eigenvalue weighted by molar-refractivity contribution is -0.0418. The van der Waals surface area contributed by atoms with Crippen LogP contribution in [-0.2, 0) is 20.6 Å². The van der Waals surface area contributed by atoms with Crippen molar-refractivity contribution in [1.82, 2.24) is 14.3 Å². The maximum absolute atomic E-state index is 15.4. The molecule has 1 amide bonds. The Bertz CT molecular complexity index is 1360. The Hall–Kier alpha value is -3.53. The molecule has 1 atom stereocenters. The van der Waals surface area contributed by atoms with Gasteiger partial charge in [0.2, 0.25) is 0 Å². The Morgan fingerprint density at radius 3 is 2.51 bits per heavy atom. The molecule has 0 radical (unpaired) electrons. The normalized spacial score (nSPS) is 16.1. The summed E-state index contributed by atoms with van der Waals surface area (Å²) in [4.78, 5) is 31.1. The van der Waals surface area contributed by atoms with Crippen LogP contribution in [0, 0.1) is 24.5 Å². The van der Waals surface area contributed by atoms with Crippen molar-refractivity contribution in [2.75, 3.05) is 26.3 Å². The van der Waals surface area contributed by atoms with Crippen molar-refractivity contribution in [3.05, 3.63) is 58.9 Å². The molecule has 4 rings (SSSR count). The van der Waals surface area contributed by atoms with E-state index in [1.165, 1.54) is 0 Å². The first-order valence-corrected chi connectivity index (χ1v) is 13.1. The summed E-state index contributed by atoms with van der Waals surface area (Å²) in [7, 11) is 0. The summed E-state index contributed by atoms with van der Waals surface area (Å²) in [6.45, 7) is 12.1. The van der Waals surface area contributed by atoms with Crippen LogP contribution in [0.15, 0.2) is 30.5 Å². The minimum absolute atomic E-state index is 0.0835. The third-order valence-corrected chi connectivity index (χ3v) is 6.15. The van der Waals surface area contributed by atoms with Gasteiger partial charge in [0.1, 0.15) is 22.9 Å². The predicted molar refractivity (Wildman–Crippen MR) is 142 cm³/mol. The van der Waals surface area contributed by atoms with Gasteiger partial charge in [-0.2, -0.15) is 0 Å². The minimum atomic E-state index is -0.923. The molecule has 0 aliphatic carbocycles. The van der Waals surface area contributed by atoms with Crippen molar-refractivity contribution in [2.45, 2.75) is 59.7 Å². The van der Waals surface area contributed by atoms with Crippen LogP contribution in [0.25, 0.3) is 16.9 Å². The lowest BCUT2D eigenvalue weighted by Crippen LogP contribution is -2.48. The standard InChI is InChI=1S/C29H35F2N3O5/c1-17(2)16-38-27(35)19-12-21(30)25(22(31)13-19)26-23(34-8-7-18(3)11-24(34)32-26)14-20-15-33(9-10-37-20)28(36)39-29(4,5)6/h7-8,11-13,17,20H,9-10,14-16H2,1-6H3/t20-/m0/s1. The van der Waals surface area contributed by atoms with Gasteiger partial charge in [-0.25, -0.2) is 23.4 Å². The first-order valence-electron chi connectivity index (χ1n) is 13.1. The highest BCUT2D eigenvalue weighted by atomic mass is 19.1. The van der Waals surface area contributed by atoms with Crippen molar-refractivity contribution in [1.29, 1.82) is 0 Å². The fourth-order valence-corrected chi connectivity index (χ4v) is 4.39. The van der Waals surface area contributed by atoms with E-state index in [4.69, 9.17) is 14.2 Å². The summed E-state index contributed by atoms with van der Waals surface area (Å²) < 4.78 is 49.3. The zero-order valence-electron chi connectivity index (χ0n) is 23.2. The second kappa shape index (κ2) is 11.3. The summed E-state index contributed by atoms with van der Waals surface area (Å²) in [5, 5.41) is 0. The van der Waals surface area contributed by atoms with Gasteiger partial charge in [0.25, 0.3) is 0 Å². The van der Waals surface area contributed by atoms with Crippen LogP contribution < -0.4 is 0 Å². The topological polar surface area (TPSA) is 82.4 Å². The average Bonchev–Trinajstić information content (AvgIpc) is 3.17. The van der Waals surface area contributed by atoms with E-state index in [0.717, 1.165) is 17.7 Å². The number of morpholine rings is 1. The summed E-state index contributed by atoms with van der Waals surface area (Å²) in [5.74, 6) is -2.56. The minimum Gasteiger partial charge on any atom is -0.462 e. The molecule has 10 heteroatoms. The van der Waals surface area contributed by atoms with Crippen LogP contribution in [0.3, 0.4) is 0 Å². The summed E-state index contributed by atoms with van der Waals surface area (Å²) in [5.41, 5.74) is 0.884. The van der Waals surface area contributed by atoms with E-state index in [1.807, 2.05) is 32.9 Å². The molecule has 0 saturated carbocycles. The molecular weight excluding hydrogens is 508 g/mol. The third-order valence-electron chi connectivity index (χ3n) is 6.15. The van der Waals surface area contributed by atoms with Crippen molar-refractivity contribution < 1.29 is 32.6 Å². The molecule has 1 saturated heterocycles. The van der Waals surface area contributed by atoms with Crippen molar-refractivity contribution in [3.63, 3.8) is 0 Å². The lowest BCUT2D eigenvalue weighted by Gasteiger charge is -2.34. The number of fused-ring (bicyclic) bond motifs is 1. The number of rotatable bonds is 6. The van der Waals surface area contributed by atoms with Crippen LogP contribution in [0.2, 0.25) is 0 Å². The Labute approximate surface area is 226 Å². The Morgan fingerprint density at radius 1 is 1.18 bits per heavy atom. The predicted octanol–water partition coefficient (Wildman–Crippen LogP) is 5.58. The van der Waals surface area contributed by atoms with Gasteiger partial charge in [-0.15, -0.1) is 0 Å². The fraction of sp³-hybridized carbons (Fsp3) is 0.483. The van der Waals surface area contributed by atoms with Gasteiger partial charge >= 0.3 is 12.1 Å². The second-order valence-electron chi connectivity index (χ2n) is 11.3. The maximum atomic E-state index is 15.4. The fourth-order valence-electron chi connectivity index (χ4n) is 4.39. The van der Waals surface area contributed by atoms with Gasteiger partial charge in [0.15, 0.2) is 0 Å². The van der Waals surface area contributed by atoms with Crippen LogP contribution in [0.4, 0.5) is 13.6 Å². The Morgan fingerprint density at radius 2 is 1.87 bits per heavy atom. The molecule has 1 fully saturated rings. The van der Waals surface area contributed by atoms with Gasteiger partial charge in [-0.3, -0.25) is 0 Å². The second-order valence-corrected chi connectivity index (χ2v) is 11.3. The van der Waals surface area contributed by atoms with Gasteiger partial charge in [-0.1, -0.05) is 13.8 Å². The van der Waals surface area contributed by atoms with E-state index in [1.54, 1.807) is 36.3 Å². The van der Waals surface area contributed by atoms with Crippen LogP contribution in [-0.4, -0.2) is 64.4 Å². The van der Waals surface area contributed by atoms with E-state index >= 15 is 8.78 Å². The molecule has 8 nitrogen and oxygen atoms in total. The first kappa shape index (κ1) is 28.5. The molecule has 210 valence electrons. The van der Waals surface area contributed by atoms with Crippen molar-refractivity contribution in [3.8, 4) is 11.3 Å². The highest BCUT2D eigenvalue weighted by Gasteiger charge is 2.31. The van der Waals surface area contributed by atoms with Gasteiger partial charge < -0.3 is 23.5 Å². The molecule has 2 aromatic heterocycles. The molecule has 1 aliphatic heterocycles. The number of carbonyl (C=O) groups excluding carboxylic acids is 2. The molecular formula is C29H35F2N3O5. The zero-order valence-corrected chi connectivity index (χ0v) is 23.2. The monoisotopic (exact) mass is 543 g/mol. The van der Waals surface area contributed by atoms with Crippen LogP contribution in [0.5, 0.6) is 0 Å². The number of hydrogen-bond donors (Lipinski definition) is 0. The van der Waals surface area contributed by atoms with Gasteiger partial charge in [0, 0.05) is 19.2 Å². The number of ether oxygens (including phenoxy) is 3. The van der Waals surface area contributed by atoms with Crippen LogP contribution >= 0.6 is 0 Å². The first-order chi connectivity index (χ1) is 18.3. The lowest BCUT2D eigenvalue weighted by atomic mass is 10.0. The molecule has 0 N–H and O–H groups in total. The summed E-state index contributed by atoms with van der Waals surface area (Å²) >= 11 is 0. The van der Waals surface area contributed by atoms with E-state index in [2.05, 4.69) is 4.98 Å². The molecule has 1 aromatic carbocycles. The molecule has 0 bridgehead atoms. The molecule has 1 aliphatic rings. The molecule has 39 heavy (non-hydrogen) atoms. The maximum Gasteiger partial charge on any atom is 0.410 e. The van der Waals surface area contributed by atoms with E-state index in [9.17, 15) is 9.59 Å². The number of aromatic nitrogens is 2. The number of amides is 1. The van der Waals surface area contributed by atoms with Crippen LogP contribution in [0.1, 0.15) is 56.2 Å². The number of hydrogen-bond acceptors (Lipinski definition) is 6. The third kappa shape index (κ3) is 6.73. The van der Waals surface area contributed by atoms with Gasteiger partial charge in [-0.05, 0) is 63.4 Å². The van der Waals surface area contributed by atoms with E-state index in [0.29, 0.717) is 24.5 Å². The number of aryl methyl sites for hydroxylation is 1. The molecule has 0 unspecified atom stereocenters. The number of esters is 1. The largest absolute Gasteiger partial charge is 0.462 e. The number of benzene rings is 1. The van der Waals surface area contributed by atoms with Gasteiger partial charge in [0.05, 0.1) is 48.4 Å². The highest BCUT2D eigenvalue weighted by Crippen LogP contribution is 2.32. The molecule has 0 spiro atoms. The smallest absolute Gasteiger partial charge is 0.410 e. The molecule has 3 heterocycles.